The number of anilines is 1. The first-order valence-corrected chi connectivity index (χ1v) is 11.8. The number of nitrogens with zero attached hydrogens (tertiary/aromatic N) is 4. The zero-order chi connectivity index (χ0) is 24.2. The summed E-state index contributed by atoms with van der Waals surface area (Å²) in [4.78, 5) is 11.1. The number of nitrogens with one attached hydrogen (secondary N) is 1. The van der Waals surface area contributed by atoms with Crippen LogP contribution in [0.2, 0.25) is 0 Å². The van der Waals surface area contributed by atoms with Crippen LogP contribution in [0.15, 0.2) is 41.0 Å². The highest BCUT2D eigenvalue weighted by molar-refractivity contribution is 9.10. The molecule has 0 spiro atoms. The Balaban J connectivity index is 1.71. The molecule has 34 heavy (non-hydrogen) atoms. The van der Waals surface area contributed by atoms with E-state index in [2.05, 4.69) is 37.3 Å². The predicted molar refractivity (Wildman–Crippen MR) is 129 cm³/mol. The Morgan fingerprint density at radius 3 is 2.59 bits per heavy atom. The molecule has 1 N–H and O–H groups in total. The van der Waals surface area contributed by atoms with Crippen LogP contribution in [-0.4, -0.2) is 29.1 Å². The number of aryl methyl sites for hydroxylation is 2. The van der Waals surface area contributed by atoms with Crippen molar-refractivity contribution in [2.45, 2.75) is 39.3 Å². The maximum absolute atomic E-state index is 14.5. The highest BCUT2D eigenvalue weighted by Crippen LogP contribution is 2.34. The predicted octanol–water partition coefficient (Wildman–Crippen LogP) is 5.56. The van der Waals surface area contributed by atoms with Gasteiger partial charge in [0.05, 0.1) is 22.3 Å². The average molecular weight is 528 g/mol. The zero-order valence-corrected chi connectivity index (χ0v) is 20.5. The Kier molecular flexibility index (Phi) is 7.39. The lowest BCUT2D eigenvalue weighted by Crippen LogP contribution is -2.43. The van der Waals surface area contributed by atoms with Gasteiger partial charge >= 0.3 is 0 Å². The highest BCUT2D eigenvalue weighted by Gasteiger charge is 2.26. The van der Waals surface area contributed by atoms with Crippen LogP contribution in [0.3, 0.4) is 0 Å². The molecule has 2 aromatic carbocycles. The lowest BCUT2D eigenvalue weighted by Gasteiger charge is -2.35. The van der Waals surface area contributed by atoms with Crippen LogP contribution in [-0.2, 0) is 6.54 Å². The number of benzene rings is 2. The van der Waals surface area contributed by atoms with Crippen LogP contribution >= 0.6 is 15.9 Å². The van der Waals surface area contributed by atoms with Gasteiger partial charge in [-0.2, -0.15) is 10.2 Å². The van der Waals surface area contributed by atoms with E-state index in [1.807, 2.05) is 18.7 Å². The van der Waals surface area contributed by atoms with Crippen LogP contribution < -0.4 is 15.0 Å². The summed E-state index contributed by atoms with van der Waals surface area (Å²) in [6.07, 6.45) is 3.24. The van der Waals surface area contributed by atoms with Gasteiger partial charge in [-0.25, -0.2) is 13.8 Å². The lowest BCUT2D eigenvalue weighted by atomic mass is 10.0. The second kappa shape index (κ2) is 10.5. The molecule has 2 heterocycles. The first kappa shape index (κ1) is 24.0. The molecule has 3 aromatic rings. The van der Waals surface area contributed by atoms with Gasteiger partial charge < -0.3 is 15.0 Å². The van der Waals surface area contributed by atoms with Crippen molar-refractivity contribution in [3.05, 3.63) is 74.9 Å². The number of piperidine rings is 1. The topological polar surface area (TPSA) is 74.1 Å². The summed E-state index contributed by atoms with van der Waals surface area (Å²) in [5, 5.41) is 12.5. The third-order valence-electron chi connectivity index (χ3n) is 5.87. The van der Waals surface area contributed by atoms with Gasteiger partial charge in [0.25, 0.3) is 0 Å². The standard InChI is InChI=1S/C25H24BrF2N5O/c1-15-10-17(12-29)11-16(2)23(15)34-24-20(26)13-31-25(32-24)33(19-6-8-30-9-7-19)14-18-4-3-5-21(27)22(18)28/h3-5,10-11,13,19,30H,6-9,14H2,1-2H3. The molecule has 9 heteroatoms. The summed E-state index contributed by atoms with van der Waals surface area (Å²) in [5.74, 6) is -0.458. The van der Waals surface area contributed by atoms with E-state index in [4.69, 9.17) is 4.74 Å². The molecule has 0 radical (unpaired) electrons. The number of aromatic nitrogens is 2. The molecule has 176 valence electrons. The summed E-state index contributed by atoms with van der Waals surface area (Å²) in [6.45, 7) is 5.50. The number of ether oxygens (including phenoxy) is 1. The highest BCUT2D eigenvalue weighted by atomic mass is 79.9. The molecule has 1 saturated heterocycles. The van der Waals surface area contributed by atoms with E-state index >= 15 is 0 Å². The summed E-state index contributed by atoms with van der Waals surface area (Å²) < 4.78 is 35.1. The molecule has 0 bridgehead atoms. The normalized spacial score (nSPS) is 14.0. The molecule has 4 rings (SSSR count). The van der Waals surface area contributed by atoms with Crippen LogP contribution in [0.25, 0.3) is 0 Å². The van der Waals surface area contributed by atoms with Gasteiger partial charge in [-0.1, -0.05) is 12.1 Å². The van der Waals surface area contributed by atoms with Gasteiger partial charge in [0, 0.05) is 18.2 Å². The Labute approximate surface area is 205 Å². The van der Waals surface area contributed by atoms with Gasteiger partial charge in [-0.05, 0) is 85.0 Å². The molecule has 0 unspecified atom stereocenters. The fourth-order valence-electron chi connectivity index (χ4n) is 4.16. The van der Waals surface area contributed by atoms with Crippen LogP contribution in [0.4, 0.5) is 14.7 Å². The molecule has 0 saturated carbocycles. The summed E-state index contributed by atoms with van der Waals surface area (Å²) in [6, 6.07) is 9.89. The minimum absolute atomic E-state index is 0.0522. The van der Waals surface area contributed by atoms with Gasteiger partial charge in [0.1, 0.15) is 5.75 Å². The molecule has 6 nitrogen and oxygen atoms in total. The van der Waals surface area contributed by atoms with Crippen molar-refractivity contribution in [1.82, 2.24) is 15.3 Å². The molecule has 0 atom stereocenters. The van der Waals surface area contributed by atoms with Crippen molar-refractivity contribution < 1.29 is 13.5 Å². The van der Waals surface area contributed by atoms with Crippen molar-refractivity contribution in [2.75, 3.05) is 18.0 Å². The Hall–Kier alpha value is -3.09. The molecular formula is C25H24BrF2N5O. The van der Waals surface area contributed by atoms with Crippen LogP contribution in [0.1, 0.15) is 35.1 Å². The summed E-state index contributed by atoms with van der Waals surface area (Å²) >= 11 is 3.46. The van der Waals surface area contributed by atoms with Crippen molar-refractivity contribution in [1.29, 1.82) is 5.26 Å². The number of nitriles is 1. The molecule has 1 aromatic heterocycles. The van der Waals surface area contributed by atoms with Crippen molar-refractivity contribution >= 4 is 21.9 Å². The molecule has 1 aliphatic rings. The molecule has 0 amide bonds. The number of hydrogen-bond donors (Lipinski definition) is 1. The fourth-order valence-corrected chi connectivity index (χ4v) is 4.43. The fraction of sp³-hybridized carbons (Fsp3) is 0.320. The third-order valence-corrected chi connectivity index (χ3v) is 6.41. The molecule has 1 fully saturated rings. The van der Waals surface area contributed by atoms with E-state index in [1.165, 1.54) is 6.07 Å². The summed E-state index contributed by atoms with van der Waals surface area (Å²) in [5.41, 5.74) is 2.41. The van der Waals surface area contributed by atoms with Crippen molar-refractivity contribution in [3.63, 3.8) is 0 Å². The van der Waals surface area contributed by atoms with Crippen molar-refractivity contribution in [3.8, 4) is 17.7 Å². The van der Waals surface area contributed by atoms with Crippen LogP contribution in [0.5, 0.6) is 11.6 Å². The first-order valence-electron chi connectivity index (χ1n) is 11.0. The lowest BCUT2D eigenvalue weighted by molar-refractivity contribution is 0.413. The Morgan fingerprint density at radius 1 is 1.21 bits per heavy atom. The quantitative estimate of drug-likeness (QED) is 0.452. The minimum atomic E-state index is -0.879. The van der Waals surface area contributed by atoms with Gasteiger partial charge in [0.15, 0.2) is 11.6 Å². The van der Waals surface area contributed by atoms with Gasteiger partial charge in [-0.15, -0.1) is 0 Å². The molecule has 0 aliphatic carbocycles. The monoisotopic (exact) mass is 527 g/mol. The smallest absolute Gasteiger partial charge is 0.238 e. The summed E-state index contributed by atoms with van der Waals surface area (Å²) in [7, 11) is 0. The maximum Gasteiger partial charge on any atom is 0.238 e. The van der Waals surface area contributed by atoms with Gasteiger partial charge in [0.2, 0.25) is 11.8 Å². The second-order valence-corrected chi connectivity index (χ2v) is 9.15. The number of hydrogen-bond acceptors (Lipinski definition) is 6. The Morgan fingerprint density at radius 2 is 1.91 bits per heavy atom. The molecule has 1 aliphatic heterocycles. The largest absolute Gasteiger partial charge is 0.437 e. The SMILES string of the molecule is Cc1cc(C#N)cc(C)c1Oc1nc(N(Cc2cccc(F)c2F)C2CCNCC2)ncc1Br. The third kappa shape index (κ3) is 5.18. The first-order chi connectivity index (χ1) is 16.4. The molecular weight excluding hydrogens is 504 g/mol. The van der Waals surface area contributed by atoms with E-state index < -0.39 is 11.6 Å². The Bertz CT molecular complexity index is 1220. The van der Waals surface area contributed by atoms with E-state index in [1.54, 1.807) is 24.4 Å². The van der Waals surface area contributed by atoms with E-state index in [0.717, 1.165) is 43.1 Å². The number of rotatable bonds is 6. The van der Waals surface area contributed by atoms with E-state index in [-0.39, 0.29) is 18.2 Å². The van der Waals surface area contributed by atoms with Gasteiger partial charge in [-0.3, -0.25) is 0 Å². The van der Waals surface area contributed by atoms with E-state index in [9.17, 15) is 14.0 Å². The van der Waals surface area contributed by atoms with E-state index in [0.29, 0.717) is 27.6 Å². The average Bonchev–Trinajstić information content (AvgIpc) is 2.84. The maximum atomic E-state index is 14.5. The minimum Gasteiger partial charge on any atom is -0.437 e. The zero-order valence-electron chi connectivity index (χ0n) is 18.9. The second-order valence-electron chi connectivity index (χ2n) is 8.30. The van der Waals surface area contributed by atoms with Crippen LogP contribution in [0, 0.1) is 36.8 Å². The number of halogens is 3. The van der Waals surface area contributed by atoms with Crippen molar-refractivity contribution in [2.24, 2.45) is 0 Å².